The Morgan fingerprint density at radius 2 is 1.91 bits per heavy atom. The van der Waals surface area contributed by atoms with Gasteiger partial charge in [0.2, 0.25) is 11.9 Å². The Morgan fingerprint density at radius 3 is 2.56 bits per heavy atom. The molecule has 0 saturated carbocycles. The van der Waals surface area contributed by atoms with Crippen molar-refractivity contribution in [1.82, 2.24) is 14.9 Å². The number of nitrogens with zero attached hydrogens (tertiary/aromatic N) is 2. The summed E-state index contributed by atoms with van der Waals surface area (Å²) in [5.74, 6) is -2.84. The average Bonchev–Trinajstić information content (AvgIpc) is 3.18. The number of fused-ring (bicyclic) bond motifs is 1. The maximum absolute atomic E-state index is 13.9. The fourth-order valence-corrected chi connectivity index (χ4v) is 3.47. The third kappa shape index (κ3) is 5.69. The summed E-state index contributed by atoms with van der Waals surface area (Å²) < 4.78 is 27.9. The van der Waals surface area contributed by atoms with Gasteiger partial charge < -0.3 is 15.2 Å². The average molecular weight is 443 g/mol. The molecule has 1 atom stereocenters. The summed E-state index contributed by atoms with van der Waals surface area (Å²) >= 11 is 0. The van der Waals surface area contributed by atoms with Gasteiger partial charge in [-0.15, -0.1) is 0 Å². The van der Waals surface area contributed by atoms with Crippen molar-refractivity contribution in [3.05, 3.63) is 59.7 Å². The summed E-state index contributed by atoms with van der Waals surface area (Å²) in [5.41, 5.74) is 1.97. The predicted molar refractivity (Wildman–Crippen MR) is 121 cm³/mol. The Balaban J connectivity index is 1.91. The molecule has 3 rings (SSSR count). The maximum atomic E-state index is 13.9. The van der Waals surface area contributed by atoms with Crippen LogP contribution in [-0.2, 0) is 15.5 Å². The number of hydrogen-bond acceptors (Lipinski definition) is 4. The van der Waals surface area contributed by atoms with E-state index < -0.39 is 12.0 Å². The third-order valence-corrected chi connectivity index (χ3v) is 5.37. The number of carbonyl (C=O) groups is 2. The van der Waals surface area contributed by atoms with E-state index in [9.17, 15) is 18.4 Å². The van der Waals surface area contributed by atoms with Crippen molar-refractivity contribution >= 4 is 28.7 Å². The van der Waals surface area contributed by atoms with E-state index in [0.29, 0.717) is 24.5 Å². The highest BCUT2D eigenvalue weighted by atomic mass is 19.3. The number of amides is 1. The lowest BCUT2D eigenvalue weighted by molar-refractivity contribution is -0.135. The highest BCUT2D eigenvalue weighted by molar-refractivity contribution is 5.86. The Kier molecular flexibility index (Phi) is 7.22. The number of carbonyl (C=O) groups excluding carboxylic acids is 2. The first kappa shape index (κ1) is 23.4. The molecule has 0 aliphatic heterocycles. The van der Waals surface area contributed by atoms with E-state index in [2.05, 4.69) is 15.3 Å². The zero-order valence-electron chi connectivity index (χ0n) is 18.5. The SMILES string of the molecule is CCC(=O)CN(CC)C(=O)CC(Nc1nc2ccccc2[nH]1)c1cccc(C(C)(F)F)c1. The van der Waals surface area contributed by atoms with Gasteiger partial charge in [-0.25, -0.2) is 13.8 Å². The summed E-state index contributed by atoms with van der Waals surface area (Å²) in [6, 6.07) is 12.9. The molecule has 1 amide bonds. The first-order valence-electron chi connectivity index (χ1n) is 10.7. The first-order chi connectivity index (χ1) is 15.2. The first-order valence-corrected chi connectivity index (χ1v) is 10.7. The monoisotopic (exact) mass is 442 g/mol. The van der Waals surface area contributed by atoms with Gasteiger partial charge in [-0.2, -0.15) is 0 Å². The molecule has 2 N–H and O–H groups in total. The molecule has 0 saturated heterocycles. The van der Waals surface area contributed by atoms with Crippen molar-refractivity contribution < 1.29 is 18.4 Å². The fraction of sp³-hybridized carbons (Fsp3) is 0.375. The summed E-state index contributed by atoms with van der Waals surface area (Å²) in [4.78, 5) is 34.0. The summed E-state index contributed by atoms with van der Waals surface area (Å²) in [6.45, 7) is 4.82. The second-order valence-corrected chi connectivity index (χ2v) is 7.82. The number of halogens is 2. The second-order valence-electron chi connectivity index (χ2n) is 7.82. The highest BCUT2D eigenvalue weighted by Crippen LogP contribution is 2.31. The van der Waals surface area contributed by atoms with Gasteiger partial charge in [0.05, 0.1) is 30.0 Å². The Bertz CT molecular complexity index is 1060. The Morgan fingerprint density at radius 1 is 1.16 bits per heavy atom. The molecule has 0 radical (unpaired) electrons. The molecule has 0 aliphatic carbocycles. The Hall–Kier alpha value is -3.29. The number of H-pyrrole nitrogens is 1. The van der Waals surface area contributed by atoms with Crippen LogP contribution in [0.15, 0.2) is 48.5 Å². The predicted octanol–water partition coefficient (Wildman–Crippen LogP) is 5.05. The van der Waals surface area contributed by atoms with Gasteiger partial charge in [0.15, 0.2) is 5.78 Å². The molecule has 0 bridgehead atoms. The van der Waals surface area contributed by atoms with Crippen molar-refractivity contribution in [1.29, 1.82) is 0 Å². The van der Waals surface area contributed by atoms with Gasteiger partial charge in [0.25, 0.3) is 5.92 Å². The van der Waals surface area contributed by atoms with E-state index in [1.165, 1.54) is 17.0 Å². The van der Waals surface area contributed by atoms with Gasteiger partial charge in [0, 0.05) is 25.5 Å². The quantitative estimate of drug-likeness (QED) is 0.461. The van der Waals surface area contributed by atoms with Crippen LogP contribution >= 0.6 is 0 Å². The number of imidazole rings is 1. The maximum Gasteiger partial charge on any atom is 0.270 e. The second kappa shape index (κ2) is 9.89. The molecule has 170 valence electrons. The smallest absolute Gasteiger partial charge is 0.270 e. The molecular formula is C24H28F2N4O2. The normalized spacial score (nSPS) is 12.5. The topological polar surface area (TPSA) is 78.1 Å². The molecule has 6 nitrogen and oxygen atoms in total. The fourth-order valence-electron chi connectivity index (χ4n) is 3.47. The molecule has 3 aromatic rings. The van der Waals surface area contributed by atoms with Gasteiger partial charge in [-0.1, -0.05) is 37.3 Å². The van der Waals surface area contributed by atoms with Crippen LogP contribution < -0.4 is 5.32 Å². The number of rotatable bonds is 10. The highest BCUT2D eigenvalue weighted by Gasteiger charge is 2.27. The van der Waals surface area contributed by atoms with E-state index in [1.807, 2.05) is 24.3 Å². The van der Waals surface area contributed by atoms with Crippen LogP contribution in [0.3, 0.4) is 0 Å². The molecule has 8 heteroatoms. The number of ketones is 1. The molecule has 1 unspecified atom stereocenters. The van der Waals surface area contributed by atoms with Crippen molar-refractivity contribution in [2.45, 2.75) is 45.6 Å². The molecule has 1 heterocycles. The number of aromatic amines is 1. The number of para-hydroxylation sites is 2. The molecule has 1 aromatic heterocycles. The van der Waals surface area contributed by atoms with Gasteiger partial charge in [-0.3, -0.25) is 9.59 Å². The summed E-state index contributed by atoms with van der Waals surface area (Å²) in [6.07, 6.45) is 0.332. The van der Waals surface area contributed by atoms with Crippen LogP contribution in [0.2, 0.25) is 0 Å². The number of benzene rings is 2. The number of aromatic nitrogens is 2. The van der Waals surface area contributed by atoms with Crippen LogP contribution in [0, 0.1) is 0 Å². The minimum atomic E-state index is -3.01. The van der Waals surface area contributed by atoms with E-state index in [0.717, 1.165) is 18.0 Å². The van der Waals surface area contributed by atoms with E-state index >= 15 is 0 Å². The van der Waals surface area contributed by atoms with Crippen molar-refractivity contribution in [3.8, 4) is 0 Å². The number of alkyl halides is 2. The summed E-state index contributed by atoms with van der Waals surface area (Å²) in [5, 5.41) is 3.20. The van der Waals surface area contributed by atoms with Gasteiger partial charge in [-0.05, 0) is 30.7 Å². The lowest BCUT2D eigenvalue weighted by Crippen LogP contribution is -2.36. The minimum Gasteiger partial charge on any atom is -0.348 e. The molecule has 0 spiro atoms. The number of anilines is 1. The molecule has 0 aliphatic rings. The minimum absolute atomic E-state index is 0.0133. The van der Waals surface area contributed by atoms with Crippen molar-refractivity contribution in [2.75, 3.05) is 18.4 Å². The van der Waals surface area contributed by atoms with E-state index in [1.54, 1.807) is 26.0 Å². The van der Waals surface area contributed by atoms with Crippen LogP contribution in [0.1, 0.15) is 50.8 Å². The zero-order chi connectivity index (χ0) is 23.3. The van der Waals surface area contributed by atoms with Crippen molar-refractivity contribution in [2.24, 2.45) is 0 Å². The molecule has 32 heavy (non-hydrogen) atoms. The van der Waals surface area contributed by atoms with Crippen molar-refractivity contribution in [3.63, 3.8) is 0 Å². The van der Waals surface area contributed by atoms with Crippen LogP contribution in [0.25, 0.3) is 11.0 Å². The number of likely N-dealkylation sites (N-methyl/N-ethyl adjacent to an activating group) is 1. The number of Topliss-reactive ketones (excluding diaryl/α,β-unsaturated/α-hetero) is 1. The van der Waals surface area contributed by atoms with Crippen LogP contribution in [0.4, 0.5) is 14.7 Å². The Labute approximate surface area is 186 Å². The van der Waals surface area contributed by atoms with E-state index in [4.69, 9.17) is 0 Å². The lowest BCUT2D eigenvalue weighted by Gasteiger charge is -2.25. The molecule has 0 fully saturated rings. The van der Waals surface area contributed by atoms with Gasteiger partial charge >= 0.3 is 0 Å². The molecular weight excluding hydrogens is 414 g/mol. The van der Waals surface area contributed by atoms with Crippen LogP contribution in [0.5, 0.6) is 0 Å². The third-order valence-electron chi connectivity index (χ3n) is 5.37. The number of hydrogen-bond donors (Lipinski definition) is 2. The largest absolute Gasteiger partial charge is 0.348 e. The summed E-state index contributed by atoms with van der Waals surface area (Å²) in [7, 11) is 0. The number of nitrogens with one attached hydrogen (secondary N) is 2. The standard InChI is InChI=1S/C24H28F2N4O2/c1-4-18(31)15-30(5-2)22(32)14-21(16-9-8-10-17(13-16)24(3,25)26)29-23-27-19-11-6-7-12-20(19)28-23/h6-13,21H,4-5,14-15H2,1-3H3,(H2,27,28,29). The van der Waals surface area contributed by atoms with Crippen LogP contribution in [-0.4, -0.2) is 39.6 Å². The van der Waals surface area contributed by atoms with Gasteiger partial charge in [0.1, 0.15) is 0 Å². The zero-order valence-corrected chi connectivity index (χ0v) is 18.5. The van der Waals surface area contributed by atoms with E-state index in [-0.39, 0.29) is 30.2 Å². The molecule has 2 aromatic carbocycles. The lowest BCUT2D eigenvalue weighted by atomic mass is 9.98.